The number of aromatic amines is 1. The predicted octanol–water partition coefficient (Wildman–Crippen LogP) is 4.08. The Morgan fingerprint density at radius 1 is 1.00 bits per heavy atom. The smallest absolute Gasteiger partial charge is 0.258 e. The second-order valence-electron chi connectivity index (χ2n) is 6.68. The molecule has 0 unspecified atom stereocenters. The highest BCUT2D eigenvalue weighted by Crippen LogP contribution is 2.21. The number of benzene rings is 2. The van der Waals surface area contributed by atoms with Crippen molar-refractivity contribution in [3.63, 3.8) is 0 Å². The molecule has 0 aliphatic carbocycles. The van der Waals surface area contributed by atoms with Crippen LogP contribution in [0.2, 0.25) is 0 Å². The molecular weight excluding hydrogens is 350 g/mol. The van der Waals surface area contributed by atoms with E-state index >= 15 is 0 Å². The van der Waals surface area contributed by atoms with Gasteiger partial charge in [-0.25, -0.2) is 0 Å². The van der Waals surface area contributed by atoms with E-state index in [1.807, 2.05) is 61.5 Å². The van der Waals surface area contributed by atoms with Crippen LogP contribution in [-0.4, -0.2) is 15.9 Å². The molecule has 2 aromatic heterocycles. The van der Waals surface area contributed by atoms with E-state index in [4.69, 9.17) is 0 Å². The van der Waals surface area contributed by atoms with Gasteiger partial charge in [0.25, 0.3) is 11.5 Å². The molecule has 138 valence electrons. The summed E-state index contributed by atoms with van der Waals surface area (Å²) in [5.41, 5.74) is 3.42. The lowest BCUT2D eigenvalue weighted by molar-refractivity contribution is 0.0985. The molecule has 0 atom stereocenters. The van der Waals surface area contributed by atoms with Gasteiger partial charge in [-0.1, -0.05) is 30.3 Å². The molecule has 2 heterocycles. The number of pyridine rings is 2. The van der Waals surface area contributed by atoms with Crippen molar-refractivity contribution in [2.75, 3.05) is 4.90 Å². The summed E-state index contributed by atoms with van der Waals surface area (Å²) in [7, 11) is 0. The number of rotatable bonds is 4. The number of aromatic nitrogens is 2. The molecule has 0 fully saturated rings. The highest BCUT2D eigenvalue weighted by atomic mass is 16.2. The highest BCUT2D eigenvalue weighted by Gasteiger charge is 2.20. The molecule has 4 aromatic rings. The van der Waals surface area contributed by atoms with E-state index < -0.39 is 0 Å². The summed E-state index contributed by atoms with van der Waals surface area (Å²) in [6.45, 7) is 2.15. The fraction of sp³-hybridized carbons (Fsp3) is 0.0870. The van der Waals surface area contributed by atoms with Crippen LogP contribution in [0.15, 0.2) is 83.9 Å². The highest BCUT2D eigenvalue weighted by molar-refractivity contribution is 6.06. The molecule has 0 bridgehead atoms. The van der Waals surface area contributed by atoms with Gasteiger partial charge in [0, 0.05) is 34.7 Å². The molecule has 5 heteroatoms. The van der Waals surface area contributed by atoms with Crippen molar-refractivity contribution in [3.05, 3.63) is 106 Å². The number of H-pyrrole nitrogens is 1. The Morgan fingerprint density at radius 3 is 2.57 bits per heavy atom. The van der Waals surface area contributed by atoms with Crippen molar-refractivity contribution in [2.24, 2.45) is 0 Å². The van der Waals surface area contributed by atoms with Gasteiger partial charge in [-0.15, -0.1) is 0 Å². The molecule has 0 spiro atoms. The van der Waals surface area contributed by atoms with Crippen LogP contribution in [-0.2, 0) is 6.54 Å². The average Bonchev–Trinajstić information content (AvgIpc) is 2.72. The number of hydrogen-bond donors (Lipinski definition) is 1. The van der Waals surface area contributed by atoms with E-state index in [9.17, 15) is 9.59 Å². The topological polar surface area (TPSA) is 66.1 Å². The lowest BCUT2D eigenvalue weighted by atomic mass is 10.1. The number of carbonyl (C=O) groups is 1. The normalized spacial score (nSPS) is 10.8. The van der Waals surface area contributed by atoms with Gasteiger partial charge in [0.05, 0.1) is 6.54 Å². The van der Waals surface area contributed by atoms with Gasteiger partial charge in [-0.2, -0.15) is 0 Å². The van der Waals surface area contributed by atoms with Crippen molar-refractivity contribution in [3.8, 4) is 0 Å². The molecule has 1 N–H and O–H groups in total. The summed E-state index contributed by atoms with van der Waals surface area (Å²) >= 11 is 0. The van der Waals surface area contributed by atoms with Gasteiger partial charge < -0.3 is 9.88 Å². The largest absolute Gasteiger partial charge is 0.322 e. The second kappa shape index (κ2) is 7.48. The SMILES string of the molecule is Cc1cccc(N(Cc2cc3ccccc3[nH]c2=O)C(=O)c2ccncc2)c1. The number of amides is 1. The molecule has 2 aromatic carbocycles. The van der Waals surface area contributed by atoms with Crippen molar-refractivity contribution < 1.29 is 4.79 Å². The zero-order valence-corrected chi connectivity index (χ0v) is 15.4. The third-order valence-corrected chi connectivity index (χ3v) is 4.64. The van der Waals surface area contributed by atoms with Crippen LogP contribution >= 0.6 is 0 Å². The molecular formula is C23H19N3O2. The van der Waals surface area contributed by atoms with Crippen LogP contribution in [0.1, 0.15) is 21.5 Å². The molecule has 0 saturated heterocycles. The van der Waals surface area contributed by atoms with Crippen molar-refractivity contribution >= 4 is 22.5 Å². The Balaban J connectivity index is 1.79. The van der Waals surface area contributed by atoms with E-state index in [0.29, 0.717) is 11.1 Å². The standard InChI is InChI=1S/C23H19N3O2/c1-16-5-4-7-20(13-16)26(23(28)17-9-11-24-12-10-17)15-19-14-18-6-2-3-8-21(18)25-22(19)27/h2-14H,15H2,1H3,(H,25,27). The minimum absolute atomic E-state index is 0.171. The van der Waals surface area contributed by atoms with E-state index in [0.717, 1.165) is 22.2 Å². The Morgan fingerprint density at radius 2 is 1.79 bits per heavy atom. The summed E-state index contributed by atoms with van der Waals surface area (Å²) in [4.78, 5) is 34.4. The number of carbonyl (C=O) groups excluding carboxylic acids is 1. The summed E-state index contributed by atoms with van der Waals surface area (Å²) in [5, 5.41) is 0.928. The molecule has 0 aliphatic heterocycles. The number of nitrogens with one attached hydrogen (secondary N) is 1. The fourth-order valence-corrected chi connectivity index (χ4v) is 3.21. The maximum absolute atomic E-state index is 13.2. The first-order valence-electron chi connectivity index (χ1n) is 9.01. The Bertz CT molecular complexity index is 1200. The Labute approximate surface area is 162 Å². The molecule has 0 saturated carbocycles. The first kappa shape index (κ1) is 17.7. The van der Waals surface area contributed by atoms with Crippen molar-refractivity contribution in [1.29, 1.82) is 0 Å². The molecule has 0 aliphatic rings. The maximum atomic E-state index is 13.2. The molecule has 4 rings (SSSR count). The number of anilines is 1. The number of hydrogen-bond acceptors (Lipinski definition) is 3. The fourth-order valence-electron chi connectivity index (χ4n) is 3.21. The summed E-state index contributed by atoms with van der Waals surface area (Å²) in [5.74, 6) is -0.180. The lowest BCUT2D eigenvalue weighted by Gasteiger charge is -2.23. The minimum Gasteiger partial charge on any atom is -0.322 e. The Kier molecular flexibility index (Phi) is 4.72. The number of aryl methyl sites for hydroxylation is 1. The third kappa shape index (κ3) is 3.55. The van der Waals surface area contributed by atoms with Gasteiger partial charge in [0.15, 0.2) is 0 Å². The van der Waals surface area contributed by atoms with Crippen LogP contribution in [0.5, 0.6) is 0 Å². The zero-order valence-electron chi connectivity index (χ0n) is 15.4. The Hall–Kier alpha value is -3.73. The van der Waals surface area contributed by atoms with E-state index in [1.165, 1.54) is 0 Å². The molecule has 1 amide bonds. The van der Waals surface area contributed by atoms with Crippen LogP contribution in [0.3, 0.4) is 0 Å². The van der Waals surface area contributed by atoms with Gasteiger partial charge in [0.2, 0.25) is 0 Å². The third-order valence-electron chi connectivity index (χ3n) is 4.64. The minimum atomic E-state index is -0.195. The summed E-state index contributed by atoms with van der Waals surface area (Å²) in [6.07, 6.45) is 3.18. The summed E-state index contributed by atoms with van der Waals surface area (Å²) in [6, 6.07) is 20.5. The molecule has 28 heavy (non-hydrogen) atoms. The zero-order chi connectivity index (χ0) is 19.5. The predicted molar refractivity (Wildman–Crippen MR) is 110 cm³/mol. The number of fused-ring (bicyclic) bond motifs is 1. The van der Waals surface area contributed by atoms with E-state index in [1.54, 1.807) is 29.4 Å². The van der Waals surface area contributed by atoms with Crippen LogP contribution in [0.4, 0.5) is 5.69 Å². The average molecular weight is 369 g/mol. The molecule has 5 nitrogen and oxygen atoms in total. The van der Waals surface area contributed by atoms with E-state index in [2.05, 4.69) is 9.97 Å². The van der Waals surface area contributed by atoms with Crippen molar-refractivity contribution in [2.45, 2.75) is 13.5 Å². The molecule has 0 radical (unpaired) electrons. The van der Waals surface area contributed by atoms with Gasteiger partial charge in [-0.3, -0.25) is 14.6 Å². The number of para-hydroxylation sites is 1. The first-order chi connectivity index (χ1) is 13.6. The second-order valence-corrected chi connectivity index (χ2v) is 6.68. The monoisotopic (exact) mass is 369 g/mol. The van der Waals surface area contributed by atoms with Crippen LogP contribution < -0.4 is 10.5 Å². The van der Waals surface area contributed by atoms with Gasteiger partial charge in [0.1, 0.15) is 0 Å². The van der Waals surface area contributed by atoms with E-state index in [-0.39, 0.29) is 18.0 Å². The van der Waals surface area contributed by atoms with Crippen LogP contribution in [0.25, 0.3) is 10.9 Å². The van der Waals surface area contributed by atoms with Gasteiger partial charge >= 0.3 is 0 Å². The maximum Gasteiger partial charge on any atom is 0.258 e. The quantitative estimate of drug-likeness (QED) is 0.589. The number of nitrogens with zero attached hydrogens (tertiary/aromatic N) is 2. The summed E-state index contributed by atoms with van der Waals surface area (Å²) < 4.78 is 0. The lowest BCUT2D eigenvalue weighted by Crippen LogP contribution is -2.33. The van der Waals surface area contributed by atoms with Crippen molar-refractivity contribution in [1.82, 2.24) is 9.97 Å². The van der Waals surface area contributed by atoms with Crippen LogP contribution in [0, 0.1) is 6.92 Å². The first-order valence-corrected chi connectivity index (χ1v) is 9.01. The van der Waals surface area contributed by atoms with Gasteiger partial charge in [-0.05, 0) is 54.3 Å².